The van der Waals surface area contributed by atoms with Gasteiger partial charge >= 0.3 is 5.97 Å². The van der Waals surface area contributed by atoms with E-state index in [1.807, 2.05) is 72.5 Å². The third kappa shape index (κ3) is 10.2. The molecule has 4 N–H and O–H groups in total. The van der Waals surface area contributed by atoms with Gasteiger partial charge in [0.05, 0.1) is 36.4 Å². The lowest BCUT2D eigenvalue weighted by Gasteiger charge is -2.46. The van der Waals surface area contributed by atoms with Crippen LogP contribution in [0.3, 0.4) is 0 Å². The number of likely N-dealkylation sites (N-methyl/N-ethyl adjacent to an activating group) is 2. The maximum absolute atomic E-state index is 14.1. The highest BCUT2D eigenvalue weighted by Gasteiger charge is 2.48. The van der Waals surface area contributed by atoms with Crippen LogP contribution in [0, 0.1) is 23.2 Å². The zero-order valence-corrected chi connectivity index (χ0v) is 33.2. The molecular formula is C38H72N2O10. The van der Waals surface area contributed by atoms with E-state index in [1.165, 1.54) is 6.92 Å². The molecule has 3 aliphatic heterocycles. The van der Waals surface area contributed by atoms with Crippen LogP contribution in [0.4, 0.5) is 0 Å². The van der Waals surface area contributed by atoms with Crippen LogP contribution in [0.1, 0.15) is 108 Å². The number of carbonyl (C=O) groups is 1. The summed E-state index contributed by atoms with van der Waals surface area (Å²) in [5, 5.41) is 45.6. The largest absolute Gasteiger partial charge is 0.459 e. The van der Waals surface area contributed by atoms with Crippen molar-refractivity contribution >= 4 is 5.97 Å². The lowest BCUT2D eigenvalue weighted by atomic mass is 9.74. The van der Waals surface area contributed by atoms with Crippen molar-refractivity contribution in [3.05, 3.63) is 0 Å². The first kappa shape index (κ1) is 43.5. The number of cyclic esters (lactones) is 1. The predicted molar refractivity (Wildman–Crippen MR) is 191 cm³/mol. The Morgan fingerprint density at radius 2 is 1.56 bits per heavy atom. The average molecular weight is 717 g/mol. The van der Waals surface area contributed by atoms with E-state index in [9.17, 15) is 25.2 Å². The van der Waals surface area contributed by atoms with Crippen molar-refractivity contribution in [2.75, 3.05) is 27.7 Å². The molecule has 3 heterocycles. The van der Waals surface area contributed by atoms with Crippen LogP contribution in [-0.2, 0) is 28.5 Å². The summed E-state index contributed by atoms with van der Waals surface area (Å²) in [7, 11) is 5.81. The molecule has 0 spiro atoms. The molecule has 0 bridgehead atoms. The topological polar surface area (TPSA) is 151 Å². The van der Waals surface area contributed by atoms with Gasteiger partial charge in [-0.25, -0.2) is 0 Å². The Kier molecular flexibility index (Phi) is 15.6. The van der Waals surface area contributed by atoms with Gasteiger partial charge in [-0.3, -0.25) is 4.79 Å². The molecule has 0 saturated carbocycles. The first-order chi connectivity index (χ1) is 23.2. The number of nitrogens with zero attached hydrogens (tertiary/aromatic N) is 2. The molecule has 3 rings (SSSR count). The lowest BCUT2D eigenvalue weighted by molar-refractivity contribution is -0.291. The van der Waals surface area contributed by atoms with Crippen molar-refractivity contribution < 1.29 is 48.9 Å². The standard InChI is InChI=1S/C38H72N2O10/c1-14-30-38(10,45)33(42)25(7)40(13)20-21(3)16-22(4)28(49-36-32(41)27(39(11)12)17-23(5)46-36)18-29(24(6)35(44)50-30)48-31-19-37(9,15-2)34(43)26(8)47-31/h21-34,36,41-43,45H,14-20H2,1-13H3/t21-,22+,23-,24-,25-,26+,27+,28-,29+,30-,31+,32-,33-,34+,36+,37-,38-/m1/s1. The zero-order valence-electron chi connectivity index (χ0n) is 33.2. The summed E-state index contributed by atoms with van der Waals surface area (Å²) in [5.74, 6) is -1.27. The van der Waals surface area contributed by atoms with Crippen LogP contribution >= 0.6 is 0 Å². The Morgan fingerprint density at radius 3 is 2.14 bits per heavy atom. The van der Waals surface area contributed by atoms with E-state index in [0.29, 0.717) is 25.8 Å². The summed E-state index contributed by atoms with van der Waals surface area (Å²) >= 11 is 0. The first-order valence-electron chi connectivity index (χ1n) is 19.1. The van der Waals surface area contributed by atoms with Crippen LogP contribution < -0.4 is 0 Å². The highest BCUT2D eigenvalue weighted by atomic mass is 16.7. The molecule has 12 heteroatoms. The van der Waals surface area contributed by atoms with E-state index in [0.717, 1.165) is 12.8 Å². The zero-order chi connectivity index (χ0) is 37.9. The summed E-state index contributed by atoms with van der Waals surface area (Å²) < 4.78 is 32.0. The molecule has 0 unspecified atom stereocenters. The van der Waals surface area contributed by atoms with Gasteiger partial charge in [-0.2, -0.15) is 0 Å². The van der Waals surface area contributed by atoms with Crippen molar-refractivity contribution in [3.63, 3.8) is 0 Å². The van der Waals surface area contributed by atoms with Gasteiger partial charge in [-0.15, -0.1) is 0 Å². The Morgan fingerprint density at radius 1 is 0.920 bits per heavy atom. The van der Waals surface area contributed by atoms with Crippen LogP contribution in [-0.4, -0.2) is 143 Å². The number of carbonyl (C=O) groups excluding carboxylic acids is 1. The molecule has 50 heavy (non-hydrogen) atoms. The smallest absolute Gasteiger partial charge is 0.311 e. The second-order valence-corrected chi connectivity index (χ2v) is 16.9. The van der Waals surface area contributed by atoms with Crippen LogP contribution in [0.5, 0.6) is 0 Å². The summed E-state index contributed by atoms with van der Waals surface area (Å²) in [6, 6.07) is -0.582. The van der Waals surface area contributed by atoms with Gasteiger partial charge in [-0.1, -0.05) is 34.6 Å². The SMILES string of the molecule is CC[C@H]1OC(=O)[C@H](C)[C@@H](O[C@H]2C[C@@](C)(CC)[C@@H](O)[C@H](C)O2)C[C@@H](O[C@@H]2O[C@H](C)C[C@H](N(C)C)[C@H]2O)[C@@H](C)C[C@@H](C)CN(C)[C@H](C)[C@@H](O)[C@]1(C)O. The number of aliphatic hydroxyl groups excluding tert-OH is 3. The number of aliphatic hydroxyl groups is 4. The van der Waals surface area contributed by atoms with Gasteiger partial charge in [0, 0.05) is 36.9 Å². The maximum atomic E-state index is 14.1. The normalized spacial score (nSPS) is 48.1. The van der Waals surface area contributed by atoms with E-state index in [-0.39, 0.29) is 30.4 Å². The molecule has 3 aliphatic rings. The van der Waals surface area contributed by atoms with E-state index in [1.54, 1.807) is 6.92 Å². The van der Waals surface area contributed by atoms with Crippen LogP contribution in [0.15, 0.2) is 0 Å². The number of esters is 1. The van der Waals surface area contributed by atoms with Gasteiger partial charge in [0.1, 0.15) is 23.9 Å². The Balaban J connectivity index is 2.07. The number of ether oxygens (including phenoxy) is 5. The van der Waals surface area contributed by atoms with Gasteiger partial charge in [0.2, 0.25) is 0 Å². The summed E-state index contributed by atoms with van der Waals surface area (Å²) in [6.45, 7) is 19.8. The molecular weight excluding hydrogens is 644 g/mol. The Hall–Kier alpha value is -0.930. The molecule has 0 aliphatic carbocycles. The second-order valence-electron chi connectivity index (χ2n) is 16.9. The molecule has 0 aromatic rings. The quantitative estimate of drug-likeness (QED) is 0.286. The fourth-order valence-electron chi connectivity index (χ4n) is 8.37. The van der Waals surface area contributed by atoms with E-state index in [4.69, 9.17) is 23.7 Å². The molecule has 294 valence electrons. The lowest BCUT2D eigenvalue weighted by Crippen LogP contribution is -2.59. The van der Waals surface area contributed by atoms with Crippen LogP contribution in [0.25, 0.3) is 0 Å². The van der Waals surface area contributed by atoms with E-state index in [2.05, 4.69) is 13.8 Å². The Bertz CT molecular complexity index is 1060. The number of hydrogen-bond donors (Lipinski definition) is 4. The molecule has 0 aromatic carbocycles. The molecule has 0 radical (unpaired) electrons. The third-order valence-corrected chi connectivity index (χ3v) is 12.3. The molecule has 12 nitrogen and oxygen atoms in total. The molecule has 0 amide bonds. The molecule has 3 saturated heterocycles. The molecule has 17 atom stereocenters. The first-order valence-corrected chi connectivity index (χ1v) is 19.1. The fraction of sp³-hybridized carbons (Fsp3) is 0.974. The van der Waals surface area contributed by atoms with Crippen molar-refractivity contribution in [1.29, 1.82) is 0 Å². The molecule has 0 aromatic heterocycles. The monoisotopic (exact) mass is 717 g/mol. The van der Waals surface area contributed by atoms with E-state index >= 15 is 0 Å². The van der Waals surface area contributed by atoms with Crippen molar-refractivity contribution in [2.45, 2.75) is 187 Å². The second kappa shape index (κ2) is 17.9. The summed E-state index contributed by atoms with van der Waals surface area (Å²) in [6.07, 6.45) is -4.04. The van der Waals surface area contributed by atoms with Gasteiger partial charge in [0.15, 0.2) is 12.6 Å². The number of hydrogen-bond acceptors (Lipinski definition) is 12. The molecule has 3 fully saturated rings. The van der Waals surface area contributed by atoms with Crippen molar-refractivity contribution in [2.24, 2.45) is 23.2 Å². The highest BCUT2D eigenvalue weighted by molar-refractivity contribution is 5.73. The van der Waals surface area contributed by atoms with Gasteiger partial charge < -0.3 is 53.9 Å². The van der Waals surface area contributed by atoms with Crippen molar-refractivity contribution in [1.82, 2.24) is 9.80 Å². The minimum atomic E-state index is -1.72. The fourth-order valence-corrected chi connectivity index (χ4v) is 8.37. The highest BCUT2D eigenvalue weighted by Crippen LogP contribution is 2.41. The minimum absolute atomic E-state index is 0.0515. The van der Waals surface area contributed by atoms with Crippen molar-refractivity contribution in [3.8, 4) is 0 Å². The third-order valence-electron chi connectivity index (χ3n) is 12.3. The number of rotatable bonds is 7. The van der Waals surface area contributed by atoms with Crippen LogP contribution in [0.2, 0.25) is 0 Å². The summed E-state index contributed by atoms with van der Waals surface area (Å²) in [4.78, 5) is 18.1. The van der Waals surface area contributed by atoms with E-state index < -0.39 is 84.3 Å². The summed E-state index contributed by atoms with van der Waals surface area (Å²) in [5.41, 5.74) is -2.17. The average Bonchev–Trinajstić information content (AvgIpc) is 3.04. The Labute approximate surface area is 302 Å². The predicted octanol–water partition coefficient (Wildman–Crippen LogP) is 3.55. The minimum Gasteiger partial charge on any atom is -0.459 e. The van der Waals surface area contributed by atoms with Gasteiger partial charge in [0.25, 0.3) is 0 Å². The van der Waals surface area contributed by atoms with Gasteiger partial charge in [-0.05, 0) is 93.3 Å². The maximum Gasteiger partial charge on any atom is 0.311 e.